The molecule has 2 heterocycles. The number of halogens is 1. The Morgan fingerprint density at radius 2 is 1.72 bits per heavy atom. The minimum absolute atomic E-state index is 0.0548. The average Bonchev–Trinajstić information content (AvgIpc) is 3.00. The lowest BCUT2D eigenvalue weighted by Gasteiger charge is -2.19. The van der Waals surface area contributed by atoms with Gasteiger partial charge in [-0.25, -0.2) is 0 Å². The highest BCUT2D eigenvalue weighted by Crippen LogP contribution is 2.24. The van der Waals surface area contributed by atoms with Crippen molar-refractivity contribution >= 4 is 33.5 Å². The van der Waals surface area contributed by atoms with Gasteiger partial charge in [-0.1, -0.05) is 24.4 Å². The first-order valence-corrected chi connectivity index (χ1v) is 11.1. The normalized spacial score (nSPS) is 15.6. The zero-order chi connectivity index (χ0) is 20.1. The van der Waals surface area contributed by atoms with Gasteiger partial charge in [0.25, 0.3) is 0 Å². The molecule has 0 bridgehead atoms. The number of hydrogen-bond acceptors (Lipinski definition) is 4. The lowest BCUT2D eigenvalue weighted by atomic mass is 10.1. The van der Waals surface area contributed by atoms with E-state index in [-0.39, 0.29) is 5.43 Å². The Bertz CT molecular complexity index is 1020. The molecule has 5 heteroatoms. The van der Waals surface area contributed by atoms with E-state index in [9.17, 15) is 4.79 Å². The van der Waals surface area contributed by atoms with Crippen molar-refractivity contribution in [1.82, 2.24) is 4.90 Å². The van der Waals surface area contributed by atoms with Crippen LogP contribution in [-0.2, 0) is 0 Å². The van der Waals surface area contributed by atoms with E-state index >= 15 is 0 Å². The van der Waals surface area contributed by atoms with Crippen LogP contribution in [0.3, 0.4) is 0 Å². The molecular weight excluding hydrogens is 386 g/mol. The molecule has 0 saturated carbocycles. The van der Waals surface area contributed by atoms with Crippen LogP contribution >= 0.6 is 11.6 Å². The maximum absolute atomic E-state index is 12.8. The first-order valence-electron chi connectivity index (χ1n) is 10.7. The minimum Gasteiger partial charge on any atom is -0.494 e. The van der Waals surface area contributed by atoms with Crippen LogP contribution in [0.5, 0.6) is 5.75 Å². The molecule has 0 N–H and O–H groups in total. The van der Waals surface area contributed by atoms with Crippen molar-refractivity contribution in [3.63, 3.8) is 0 Å². The molecule has 0 aliphatic carbocycles. The molecule has 154 valence electrons. The maximum atomic E-state index is 12.8. The van der Waals surface area contributed by atoms with Gasteiger partial charge in [0.2, 0.25) is 5.43 Å². The fourth-order valence-electron chi connectivity index (χ4n) is 4.06. The molecule has 0 amide bonds. The molecule has 1 saturated heterocycles. The van der Waals surface area contributed by atoms with Gasteiger partial charge in [-0.2, -0.15) is 0 Å². The number of hydrogen-bond donors (Lipinski definition) is 0. The van der Waals surface area contributed by atoms with Gasteiger partial charge in [-0.3, -0.25) is 4.79 Å². The Kier molecular flexibility index (Phi) is 6.73. The summed E-state index contributed by atoms with van der Waals surface area (Å²) < 4.78 is 11.7. The number of benzene rings is 2. The molecule has 1 aliphatic rings. The van der Waals surface area contributed by atoms with Gasteiger partial charge in [0.05, 0.1) is 17.4 Å². The standard InChI is InChI=1S/C24H28ClNO3/c25-18-8-10-20-23(16-18)29-22-11-9-19(17-21(22)24(20)27)28-15-7-3-6-14-26-12-4-1-2-5-13-26/h8-11,16-17H,1-7,12-15H2. The van der Waals surface area contributed by atoms with Crippen LogP contribution in [0.1, 0.15) is 44.9 Å². The van der Waals surface area contributed by atoms with Gasteiger partial charge in [0.15, 0.2) is 0 Å². The molecule has 3 aromatic rings. The first kappa shape index (κ1) is 20.2. The summed E-state index contributed by atoms with van der Waals surface area (Å²) in [5, 5.41) is 1.63. The molecular formula is C24H28ClNO3. The van der Waals surface area contributed by atoms with Crippen LogP contribution in [-0.4, -0.2) is 31.1 Å². The monoisotopic (exact) mass is 413 g/mol. The van der Waals surface area contributed by atoms with Crippen molar-refractivity contribution < 1.29 is 9.15 Å². The lowest BCUT2D eigenvalue weighted by molar-refractivity contribution is 0.266. The highest BCUT2D eigenvalue weighted by molar-refractivity contribution is 6.31. The van der Waals surface area contributed by atoms with E-state index in [1.807, 2.05) is 6.07 Å². The van der Waals surface area contributed by atoms with E-state index in [4.69, 9.17) is 20.8 Å². The summed E-state index contributed by atoms with van der Waals surface area (Å²) in [6, 6.07) is 10.5. The lowest BCUT2D eigenvalue weighted by Crippen LogP contribution is -2.25. The second kappa shape index (κ2) is 9.64. The predicted octanol–water partition coefficient (Wildman–Crippen LogP) is 6.02. The van der Waals surface area contributed by atoms with Crippen LogP contribution in [0.15, 0.2) is 45.6 Å². The average molecular weight is 414 g/mol. The van der Waals surface area contributed by atoms with Crippen molar-refractivity contribution in [3.05, 3.63) is 51.6 Å². The Morgan fingerprint density at radius 3 is 2.55 bits per heavy atom. The highest BCUT2D eigenvalue weighted by Gasteiger charge is 2.10. The largest absolute Gasteiger partial charge is 0.494 e. The number of ether oxygens (including phenoxy) is 1. The van der Waals surface area contributed by atoms with Crippen LogP contribution in [0.25, 0.3) is 21.9 Å². The third-order valence-electron chi connectivity index (χ3n) is 5.69. The predicted molar refractivity (Wildman–Crippen MR) is 119 cm³/mol. The molecule has 29 heavy (non-hydrogen) atoms. The summed E-state index contributed by atoms with van der Waals surface area (Å²) in [6.45, 7) is 4.39. The topological polar surface area (TPSA) is 42.7 Å². The van der Waals surface area contributed by atoms with Crippen molar-refractivity contribution in [2.45, 2.75) is 44.9 Å². The van der Waals surface area contributed by atoms with Crippen LogP contribution in [0.4, 0.5) is 0 Å². The van der Waals surface area contributed by atoms with Gasteiger partial charge in [0, 0.05) is 11.1 Å². The van der Waals surface area contributed by atoms with E-state index in [1.165, 1.54) is 51.7 Å². The van der Waals surface area contributed by atoms with Gasteiger partial charge in [0.1, 0.15) is 16.9 Å². The van der Waals surface area contributed by atoms with Crippen LogP contribution < -0.4 is 10.2 Å². The fraction of sp³-hybridized carbons (Fsp3) is 0.458. The summed E-state index contributed by atoms with van der Waals surface area (Å²) >= 11 is 6.01. The van der Waals surface area contributed by atoms with E-state index < -0.39 is 0 Å². The summed E-state index contributed by atoms with van der Waals surface area (Å²) in [7, 11) is 0. The maximum Gasteiger partial charge on any atom is 0.200 e. The quantitative estimate of drug-likeness (QED) is 0.350. The molecule has 0 radical (unpaired) electrons. The third kappa shape index (κ3) is 5.12. The third-order valence-corrected chi connectivity index (χ3v) is 5.93. The summed E-state index contributed by atoms with van der Waals surface area (Å²) in [5.74, 6) is 0.714. The Labute approximate surface area is 176 Å². The zero-order valence-corrected chi connectivity index (χ0v) is 17.5. The number of rotatable bonds is 7. The molecule has 0 unspecified atom stereocenters. The van der Waals surface area contributed by atoms with Gasteiger partial charge >= 0.3 is 0 Å². The molecule has 0 atom stereocenters. The van der Waals surface area contributed by atoms with Crippen molar-refractivity contribution in [2.75, 3.05) is 26.2 Å². The molecule has 4 rings (SSSR count). The summed E-state index contributed by atoms with van der Waals surface area (Å²) in [4.78, 5) is 15.4. The number of fused-ring (bicyclic) bond motifs is 2. The first-order chi connectivity index (χ1) is 14.2. The second-order valence-corrected chi connectivity index (χ2v) is 8.33. The smallest absolute Gasteiger partial charge is 0.200 e. The zero-order valence-electron chi connectivity index (χ0n) is 16.8. The Hall–Kier alpha value is -2.04. The van der Waals surface area contributed by atoms with Crippen LogP contribution in [0, 0.1) is 0 Å². The minimum atomic E-state index is -0.0548. The molecule has 0 spiro atoms. The second-order valence-electron chi connectivity index (χ2n) is 7.89. The van der Waals surface area contributed by atoms with Gasteiger partial charge < -0.3 is 14.1 Å². The fourth-order valence-corrected chi connectivity index (χ4v) is 4.22. The number of likely N-dealkylation sites (tertiary alicyclic amines) is 1. The van der Waals surface area contributed by atoms with E-state index in [2.05, 4.69) is 4.90 Å². The number of nitrogens with zero attached hydrogens (tertiary/aromatic N) is 1. The molecule has 1 aliphatic heterocycles. The van der Waals surface area contributed by atoms with E-state index in [0.29, 0.717) is 39.3 Å². The highest BCUT2D eigenvalue weighted by atomic mass is 35.5. The molecule has 2 aromatic carbocycles. The van der Waals surface area contributed by atoms with Crippen molar-refractivity contribution in [2.24, 2.45) is 0 Å². The molecule has 1 aromatic heterocycles. The van der Waals surface area contributed by atoms with E-state index in [0.717, 1.165) is 12.8 Å². The Balaban J connectivity index is 1.31. The van der Waals surface area contributed by atoms with Crippen molar-refractivity contribution in [1.29, 1.82) is 0 Å². The van der Waals surface area contributed by atoms with Gasteiger partial charge in [-0.05, 0) is 82.1 Å². The van der Waals surface area contributed by atoms with E-state index in [1.54, 1.807) is 30.3 Å². The SMILES string of the molecule is O=c1c2ccc(Cl)cc2oc2ccc(OCCCCCN3CCCCCC3)cc12. The molecule has 1 fully saturated rings. The van der Waals surface area contributed by atoms with Crippen molar-refractivity contribution in [3.8, 4) is 5.75 Å². The Morgan fingerprint density at radius 1 is 0.897 bits per heavy atom. The summed E-state index contributed by atoms with van der Waals surface area (Å²) in [5.41, 5.74) is 1.00. The van der Waals surface area contributed by atoms with Crippen LogP contribution in [0.2, 0.25) is 5.02 Å². The number of unbranched alkanes of at least 4 members (excludes halogenated alkanes) is 2. The molecule has 4 nitrogen and oxygen atoms in total. The van der Waals surface area contributed by atoms with Gasteiger partial charge in [-0.15, -0.1) is 0 Å². The summed E-state index contributed by atoms with van der Waals surface area (Å²) in [6.07, 6.45) is 8.88.